The number of benzene rings is 2. The van der Waals surface area contributed by atoms with Crippen LogP contribution >= 0.6 is 0 Å². The topological polar surface area (TPSA) is 110 Å². The number of nitrogens with two attached hydrogens (primary N) is 1. The van der Waals surface area contributed by atoms with Crippen molar-refractivity contribution in [1.82, 2.24) is 4.90 Å². The maximum absolute atomic E-state index is 13.0. The molecule has 0 aromatic heterocycles. The second-order valence-corrected chi connectivity index (χ2v) is 7.39. The predicted octanol–water partition coefficient (Wildman–Crippen LogP) is 2.06. The van der Waals surface area contributed by atoms with Gasteiger partial charge in [0.25, 0.3) is 5.91 Å². The van der Waals surface area contributed by atoms with Crippen LogP contribution in [-0.4, -0.2) is 38.7 Å². The summed E-state index contributed by atoms with van der Waals surface area (Å²) in [4.78, 5) is 25.1. The fraction of sp³-hybridized carbons (Fsp3) is 0.176. The first kappa shape index (κ1) is 21.4. The van der Waals surface area contributed by atoms with Crippen LogP contribution in [0.4, 0.5) is 18.9 Å². The van der Waals surface area contributed by atoms with Crippen LogP contribution in [0.5, 0.6) is 0 Å². The van der Waals surface area contributed by atoms with E-state index >= 15 is 0 Å². The standard InChI is InChI=1S/C17H16F3N3O4S/c1-23(16(25)11-5-4-6-12(9-11)28(21,26)27)10-15(24)22-14-8-3-2-7-13(14)17(18,19)20/h2-9H,10H2,1H3,(H,22,24)(H2,21,26,27). The molecule has 7 nitrogen and oxygen atoms in total. The van der Waals surface area contributed by atoms with Crippen molar-refractivity contribution >= 4 is 27.5 Å². The Kier molecular flexibility index (Phi) is 6.10. The molecule has 0 spiro atoms. The molecular weight excluding hydrogens is 399 g/mol. The molecular formula is C17H16F3N3O4S. The van der Waals surface area contributed by atoms with Gasteiger partial charge in [0.15, 0.2) is 0 Å². The first-order valence-electron chi connectivity index (χ1n) is 7.74. The summed E-state index contributed by atoms with van der Waals surface area (Å²) < 4.78 is 61.6. The maximum atomic E-state index is 13.0. The van der Waals surface area contributed by atoms with E-state index in [1.807, 2.05) is 0 Å². The molecule has 0 saturated heterocycles. The van der Waals surface area contributed by atoms with Crippen LogP contribution in [-0.2, 0) is 21.0 Å². The Labute approximate surface area is 159 Å². The number of amides is 2. The van der Waals surface area contributed by atoms with E-state index in [1.54, 1.807) is 0 Å². The SMILES string of the molecule is CN(CC(=O)Nc1ccccc1C(F)(F)F)C(=O)c1cccc(S(N)(=O)=O)c1. The molecule has 0 heterocycles. The summed E-state index contributed by atoms with van der Waals surface area (Å²) in [6, 6.07) is 9.31. The molecule has 150 valence electrons. The number of likely N-dealkylation sites (N-methyl/N-ethyl adjacent to an activating group) is 1. The Morgan fingerprint density at radius 3 is 2.36 bits per heavy atom. The number of hydrogen-bond acceptors (Lipinski definition) is 4. The minimum absolute atomic E-state index is 0.0440. The van der Waals surface area contributed by atoms with Gasteiger partial charge in [-0.15, -0.1) is 0 Å². The van der Waals surface area contributed by atoms with Gasteiger partial charge in [-0.25, -0.2) is 13.6 Å². The lowest BCUT2D eigenvalue weighted by Crippen LogP contribution is -2.35. The van der Waals surface area contributed by atoms with E-state index in [9.17, 15) is 31.2 Å². The van der Waals surface area contributed by atoms with Gasteiger partial charge in [-0.2, -0.15) is 13.2 Å². The average molecular weight is 415 g/mol. The van der Waals surface area contributed by atoms with Crippen molar-refractivity contribution in [2.75, 3.05) is 18.9 Å². The van der Waals surface area contributed by atoms with Gasteiger partial charge in [0.1, 0.15) is 0 Å². The number of nitrogens with one attached hydrogen (secondary N) is 1. The number of halogens is 3. The Hall–Kier alpha value is -2.92. The summed E-state index contributed by atoms with van der Waals surface area (Å²) in [6.07, 6.45) is -4.65. The van der Waals surface area contributed by atoms with E-state index in [4.69, 9.17) is 5.14 Å². The third-order valence-electron chi connectivity index (χ3n) is 3.64. The normalized spacial score (nSPS) is 11.8. The molecule has 28 heavy (non-hydrogen) atoms. The molecule has 0 fully saturated rings. The second kappa shape index (κ2) is 7.98. The van der Waals surface area contributed by atoms with Gasteiger partial charge in [0, 0.05) is 12.6 Å². The lowest BCUT2D eigenvalue weighted by Gasteiger charge is -2.18. The third-order valence-corrected chi connectivity index (χ3v) is 4.55. The van der Waals surface area contributed by atoms with Crippen LogP contribution in [0.3, 0.4) is 0 Å². The molecule has 0 radical (unpaired) electrons. The third kappa shape index (κ3) is 5.30. The number of alkyl halides is 3. The van der Waals surface area contributed by atoms with Gasteiger partial charge >= 0.3 is 6.18 Å². The van der Waals surface area contributed by atoms with E-state index in [-0.39, 0.29) is 10.5 Å². The Morgan fingerprint density at radius 2 is 1.75 bits per heavy atom. The molecule has 0 aliphatic heterocycles. The molecule has 2 aromatic carbocycles. The van der Waals surface area contributed by atoms with Gasteiger partial charge in [-0.05, 0) is 30.3 Å². The lowest BCUT2D eigenvalue weighted by atomic mass is 10.1. The van der Waals surface area contributed by atoms with Crippen molar-refractivity contribution in [3.05, 3.63) is 59.7 Å². The number of sulfonamides is 1. The summed E-state index contributed by atoms with van der Waals surface area (Å²) in [5.74, 6) is -1.56. The van der Waals surface area contributed by atoms with Gasteiger partial charge in [-0.1, -0.05) is 18.2 Å². The zero-order chi connectivity index (χ0) is 21.1. The highest BCUT2D eigenvalue weighted by Crippen LogP contribution is 2.34. The molecule has 2 aromatic rings. The fourth-order valence-electron chi connectivity index (χ4n) is 2.34. The maximum Gasteiger partial charge on any atom is 0.418 e. The summed E-state index contributed by atoms with van der Waals surface area (Å²) in [6.45, 7) is -0.551. The summed E-state index contributed by atoms with van der Waals surface area (Å²) in [5, 5.41) is 7.13. The van der Waals surface area contributed by atoms with Crippen molar-refractivity contribution in [1.29, 1.82) is 0 Å². The Bertz CT molecular complexity index is 1010. The summed E-state index contributed by atoms with van der Waals surface area (Å²) in [7, 11) is -2.77. The zero-order valence-electron chi connectivity index (χ0n) is 14.5. The number of rotatable bonds is 5. The van der Waals surface area contributed by atoms with Gasteiger partial charge in [0.05, 0.1) is 22.7 Å². The lowest BCUT2D eigenvalue weighted by molar-refractivity contribution is -0.137. The highest BCUT2D eigenvalue weighted by Gasteiger charge is 2.33. The molecule has 11 heteroatoms. The minimum atomic E-state index is -4.65. The highest BCUT2D eigenvalue weighted by molar-refractivity contribution is 7.89. The van der Waals surface area contributed by atoms with Crippen LogP contribution in [0.2, 0.25) is 0 Å². The highest BCUT2D eigenvalue weighted by atomic mass is 32.2. The number of para-hydroxylation sites is 1. The van der Waals surface area contributed by atoms with Gasteiger partial charge < -0.3 is 10.2 Å². The quantitative estimate of drug-likeness (QED) is 0.779. The van der Waals surface area contributed by atoms with E-state index < -0.39 is 45.8 Å². The summed E-state index contributed by atoms with van der Waals surface area (Å²) in [5.41, 5.74) is -1.49. The first-order valence-corrected chi connectivity index (χ1v) is 9.28. The van der Waals surface area contributed by atoms with Gasteiger partial charge in [0.2, 0.25) is 15.9 Å². The second-order valence-electron chi connectivity index (χ2n) is 5.83. The Morgan fingerprint density at radius 1 is 1.11 bits per heavy atom. The van der Waals surface area contributed by atoms with Crippen molar-refractivity contribution in [2.45, 2.75) is 11.1 Å². The monoisotopic (exact) mass is 415 g/mol. The van der Waals surface area contributed by atoms with Crippen molar-refractivity contribution < 1.29 is 31.2 Å². The molecule has 3 N–H and O–H groups in total. The molecule has 2 amide bonds. The molecule has 0 aliphatic rings. The van der Waals surface area contributed by atoms with Crippen LogP contribution in [0, 0.1) is 0 Å². The number of nitrogens with zero attached hydrogens (tertiary/aromatic N) is 1. The van der Waals surface area contributed by atoms with Crippen LogP contribution < -0.4 is 10.5 Å². The molecule has 0 unspecified atom stereocenters. The zero-order valence-corrected chi connectivity index (χ0v) is 15.3. The van der Waals surface area contributed by atoms with Crippen molar-refractivity contribution in [2.24, 2.45) is 5.14 Å². The van der Waals surface area contributed by atoms with Crippen molar-refractivity contribution in [3.63, 3.8) is 0 Å². The summed E-state index contributed by atoms with van der Waals surface area (Å²) >= 11 is 0. The number of primary sulfonamides is 1. The predicted molar refractivity (Wildman–Crippen MR) is 94.8 cm³/mol. The average Bonchev–Trinajstić information content (AvgIpc) is 2.59. The largest absolute Gasteiger partial charge is 0.418 e. The number of hydrogen-bond donors (Lipinski definition) is 2. The molecule has 0 aliphatic carbocycles. The Balaban J connectivity index is 2.12. The number of anilines is 1. The fourth-order valence-corrected chi connectivity index (χ4v) is 2.90. The van der Waals surface area contributed by atoms with Gasteiger partial charge in [-0.3, -0.25) is 9.59 Å². The van der Waals surface area contributed by atoms with Crippen molar-refractivity contribution in [3.8, 4) is 0 Å². The molecule has 0 saturated carbocycles. The van der Waals surface area contributed by atoms with E-state index in [2.05, 4.69) is 5.32 Å². The number of carbonyl (C=O) groups is 2. The van der Waals surface area contributed by atoms with E-state index in [1.165, 1.54) is 37.4 Å². The van der Waals surface area contributed by atoms with E-state index in [0.717, 1.165) is 23.1 Å². The van der Waals surface area contributed by atoms with Crippen LogP contribution in [0.15, 0.2) is 53.4 Å². The molecule has 2 rings (SSSR count). The smallest absolute Gasteiger partial charge is 0.332 e. The van der Waals surface area contributed by atoms with Crippen LogP contribution in [0.25, 0.3) is 0 Å². The number of carbonyl (C=O) groups excluding carboxylic acids is 2. The van der Waals surface area contributed by atoms with E-state index in [0.29, 0.717) is 0 Å². The molecule has 0 atom stereocenters. The van der Waals surface area contributed by atoms with Crippen LogP contribution in [0.1, 0.15) is 15.9 Å². The molecule has 0 bridgehead atoms. The first-order chi connectivity index (χ1) is 12.9. The minimum Gasteiger partial charge on any atom is -0.332 e.